The Morgan fingerprint density at radius 2 is 1.90 bits per heavy atom. The van der Waals surface area contributed by atoms with E-state index in [1.807, 2.05) is 12.1 Å². The molecule has 21 heavy (non-hydrogen) atoms. The molecule has 0 aliphatic heterocycles. The summed E-state index contributed by atoms with van der Waals surface area (Å²) in [6.07, 6.45) is 0. The number of hydrogen-bond donors (Lipinski definition) is 1. The number of benzene rings is 2. The maximum Gasteiger partial charge on any atom is 0.189 e. The van der Waals surface area contributed by atoms with E-state index in [1.165, 1.54) is 4.68 Å². The van der Waals surface area contributed by atoms with E-state index >= 15 is 0 Å². The number of tetrazole rings is 1. The van der Waals surface area contributed by atoms with Crippen LogP contribution in [0.3, 0.4) is 0 Å². The molecule has 3 aromatic rings. The molecule has 1 aromatic heterocycles. The Morgan fingerprint density at radius 1 is 1.10 bits per heavy atom. The van der Waals surface area contributed by atoms with Gasteiger partial charge in [-0.1, -0.05) is 45.2 Å². The van der Waals surface area contributed by atoms with Gasteiger partial charge in [-0.25, -0.2) is 0 Å². The number of para-hydroxylation sites is 1. The van der Waals surface area contributed by atoms with E-state index in [9.17, 15) is 0 Å². The molecule has 0 bridgehead atoms. The van der Waals surface area contributed by atoms with Gasteiger partial charge in [0.25, 0.3) is 0 Å². The van der Waals surface area contributed by atoms with Crippen molar-refractivity contribution in [3.8, 4) is 17.1 Å². The first kappa shape index (κ1) is 14.3. The Labute approximate surface area is 138 Å². The third-order valence-electron chi connectivity index (χ3n) is 2.90. The second-order valence-electron chi connectivity index (χ2n) is 4.21. The van der Waals surface area contributed by atoms with Gasteiger partial charge in [0.05, 0.1) is 21.4 Å². The highest BCUT2D eigenvalue weighted by molar-refractivity contribution is 9.10. The van der Waals surface area contributed by atoms with Crippen LogP contribution in [0, 0.1) is 0 Å². The molecule has 3 rings (SSSR count). The zero-order chi connectivity index (χ0) is 15.0. The number of nitrogens with zero attached hydrogens (tertiary/aromatic N) is 4. The lowest BCUT2D eigenvalue weighted by atomic mass is 10.1. The van der Waals surface area contributed by atoms with E-state index in [4.69, 9.17) is 28.9 Å². The van der Waals surface area contributed by atoms with Gasteiger partial charge in [0.2, 0.25) is 0 Å². The highest BCUT2D eigenvalue weighted by atomic mass is 79.9. The normalized spacial score (nSPS) is 10.8. The number of nitrogen functional groups attached to an aromatic ring is 1. The lowest BCUT2D eigenvalue weighted by Crippen LogP contribution is -2.02. The van der Waals surface area contributed by atoms with Crippen molar-refractivity contribution < 1.29 is 0 Å². The highest BCUT2D eigenvalue weighted by Gasteiger charge is 2.16. The summed E-state index contributed by atoms with van der Waals surface area (Å²) in [5, 5.41) is 12.7. The van der Waals surface area contributed by atoms with Gasteiger partial charge in [-0.15, -0.1) is 5.10 Å². The number of halogens is 3. The van der Waals surface area contributed by atoms with Crippen molar-refractivity contribution in [2.75, 3.05) is 5.73 Å². The van der Waals surface area contributed by atoms with Crippen LogP contribution >= 0.6 is 39.1 Å². The maximum atomic E-state index is 6.25. The molecule has 0 unspecified atom stereocenters. The molecular weight excluding hydrogens is 377 g/mol. The molecule has 2 aromatic carbocycles. The van der Waals surface area contributed by atoms with Gasteiger partial charge < -0.3 is 5.73 Å². The molecule has 0 saturated carbocycles. The van der Waals surface area contributed by atoms with E-state index < -0.39 is 0 Å². The molecule has 0 saturated heterocycles. The summed E-state index contributed by atoms with van der Waals surface area (Å²) in [7, 11) is 0. The van der Waals surface area contributed by atoms with E-state index in [0.717, 1.165) is 4.47 Å². The molecule has 5 nitrogen and oxygen atoms in total. The van der Waals surface area contributed by atoms with E-state index in [0.29, 0.717) is 32.8 Å². The first-order chi connectivity index (χ1) is 10.1. The number of anilines is 1. The van der Waals surface area contributed by atoms with Gasteiger partial charge in [-0.05, 0) is 40.8 Å². The number of rotatable bonds is 2. The quantitative estimate of drug-likeness (QED) is 0.678. The van der Waals surface area contributed by atoms with Gasteiger partial charge in [-0.3, -0.25) is 0 Å². The fraction of sp³-hybridized carbons (Fsp3) is 0. The topological polar surface area (TPSA) is 69.6 Å². The van der Waals surface area contributed by atoms with Crippen molar-refractivity contribution in [1.82, 2.24) is 20.2 Å². The standard InChI is InChI=1S/C13H8BrCl2N5/c14-7-4-5-11(10(16)6-7)21-13(18-19-20-21)8-2-1-3-9(15)12(8)17/h1-6H,17H2. The van der Waals surface area contributed by atoms with Crippen LogP contribution in [0.1, 0.15) is 0 Å². The average Bonchev–Trinajstić information content (AvgIpc) is 2.91. The highest BCUT2D eigenvalue weighted by Crippen LogP contribution is 2.32. The lowest BCUT2D eigenvalue weighted by Gasteiger charge is -2.09. The third kappa shape index (κ3) is 2.62. The van der Waals surface area contributed by atoms with Crippen LogP contribution < -0.4 is 5.73 Å². The summed E-state index contributed by atoms with van der Waals surface area (Å²) in [4.78, 5) is 0. The molecule has 1 heterocycles. The van der Waals surface area contributed by atoms with Gasteiger partial charge in [-0.2, -0.15) is 4.68 Å². The van der Waals surface area contributed by atoms with Crippen molar-refractivity contribution in [3.05, 3.63) is 50.9 Å². The van der Waals surface area contributed by atoms with Gasteiger partial charge in [0.1, 0.15) is 0 Å². The fourth-order valence-electron chi connectivity index (χ4n) is 1.90. The summed E-state index contributed by atoms with van der Waals surface area (Å²) >= 11 is 15.7. The van der Waals surface area contributed by atoms with E-state index in [-0.39, 0.29) is 0 Å². The molecule has 2 N–H and O–H groups in total. The molecule has 0 amide bonds. The minimum Gasteiger partial charge on any atom is -0.397 e. The molecule has 106 valence electrons. The molecule has 0 aliphatic rings. The van der Waals surface area contributed by atoms with E-state index in [2.05, 4.69) is 31.5 Å². The summed E-state index contributed by atoms with van der Waals surface area (Å²) in [5.41, 5.74) is 7.72. The average molecular weight is 385 g/mol. The van der Waals surface area contributed by atoms with Crippen LogP contribution in [0.2, 0.25) is 10.0 Å². The molecule has 0 atom stereocenters. The summed E-state index contributed by atoms with van der Waals surface area (Å²) < 4.78 is 2.39. The van der Waals surface area contributed by atoms with Crippen molar-refractivity contribution >= 4 is 44.8 Å². The lowest BCUT2D eigenvalue weighted by molar-refractivity contribution is 0.791. The smallest absolute Gasteiger partial charge is 0.189 e. The van der Waals surface area contributed by atoms with Crippen LogP contribution in [0.15, 0.2) is 40.9 Å². The first-order valence-electron chi connectivity index (χ1n) is 5.86. The predicted octanol–water partition coefficient (Wildman–Crippen LogP) is 3.98. The minimum absolute atomic E-state index is 0.420. The second kappa shape index (κ2) is 5.63. The van der Waals surface area contributed by atoms with Crippen LogP contribution in [0.25, 0.3) is 17.1 Å². The van der Waals surface area contributed by atoms with Gasteiger partial charge >= 0.3 is 0 Å². The molecule has 0 spiro atoms. The largest absolute Gasteiger partial charge is 0.397 e. The summed E-state index contributed by atoms with van der Waals surface area (Å²) in [6, 6.07) is 10.7. The predicted molar refractivity (Wildman–Crippen MR) is 86.7 cm³/mol. The van der Waals surface area contributed by atoms with Gasteiger partial charge in [0, 0.05) is 10.0 Å². The monoisotopic (exact) mass is 383 g/mol. The zero-order valence-corrected chi connectivity index (χ0v) is 13.6. The van der Waals surface area contributed by atoms with Crippen molar-refractivity contribution in [2.45, 2.75) is 0 Å². The van der Waals surface area contributed by atoms with Crippen LogP contribution in [-0.4, -0.2) is 20.2 Å². The van der Waals surface area contributed by atoms with Crippen molar-refractivity contribution in [1.29, 1.82) is 0 Å². The van der Waals surface area contributed by atoms with Crippen LogP contribution in [0.4, 0.5) is 5.69 Å². The van der Waals surface area contributed by atoms with Gasteiger partial charge in [0.15, 0.2) is 5.82 Å². The molecular formula is C13H8BrCl2N5. The second-order valence-corrected chi connectivity index (χ2v) is 5.94. The Kier molecular flexibility index (Phi) is 3.84. The first-order valence-corrected chi connectivity index (χ1v) is 7.41. The third-order valence-corrected chi connectivity index (χ3v) is 4.03. The Hall–Kier alpha value is -1.63. The number of nitrogens with two attached hydrogens (primary N) is 1. The zero-order valence-electron chi connectivity index (χ0n) is 10.5. The Morgan fingerprint density at radius 3 is 2.67 bits per heavy atom. The van der Waals surface area contributed by atoms with Crippen LogP contribution in [0.5, 0.6) is 0 Å². The summed E-state index contributed by atoms with van der Waals surface area (Å²) in [6.45, 7) is 0. The maximum absolute atomic E-state index is 6.25. The molecule has 0 radical (unpaired) electrons. The summed E-state index contributed by atoms with van der Waals surface area (Å²) in [5.74, 6) is 0.472. The Balaban J connectivity index is 2.20. The van der Waals surface area contributed by atoms with E-state index in [1.54, 1.807) is 24.3 Å². The van der Waals surface area contributed by atoms with Crippen LogP contribution in [-0.2, 0) is 0 Å². The minimum atomic E-state index is 0.420. The number of aromatic nitrogens is 4. The SMILES string of the molecule is Nc1c(Cl)cccc1-c1nnnn1-c1ccc(Br)cc1Cl. The Bertz CT molecular complexity index is 818. The van der Waals surface area contributed by atoms with Crippen molar-refractivity contribution in [3.63, 3.8) is 0 Å². The fourth-order valence-corrected chi connectivity index (χ4v) is 2.83. The molecule has 0 aliphatic carbocycles. The molecule has 8 heteroatoms. The number of hydrogen-bond acceptors (Lipinski definition) is 4. The molecule has 0 fully saturated rings. The van der Waals surface area contributed by atoms with Crippen molar-refractivity contribution in [2.24, 2.45) is 0 Å².